The van der Waals surface area contributed by atoms with E-state index in [0.717, 1.165) is 29.0 Å². The van der Waals surface area contributed by atoms with Gasteiger partial charge in [-0.15, -0.1) is 11.3 Å². The molecule has 0 atom stereocenters. The molecule has 2 heterocycles. The molecule has 2 aromatic heterocycles. The van der Waals surface area contributed by atoms with Crippen LogP contribution >= 0.6 is 11.3 Å². The second kappa shape index (κ2) is 6.45. The topological polar surface area (TPSA) is 79.3 Å². The molecule has 0 bridgehead atoms. The summed E-state index contributed by atoms with van der Waals surface area (Å²) in [6.07, 6.45) is 2.45. The van der Waals surface area contributed by atoms with Gasteiger partial charge in [0, 0.05) is 11.1 Å². The maximum Gasteiger partial charge on any atom is 0.250 e. The van der Waals surface area contributed by atoms with E-state index in [9.17, 15) is 8.42 Å². The SMILES string of the molecule is CCc1cccnc1CNS(=O)(=O)c1ccc(CO)s1. The number of pyridine rings is 1. The van der Waals surface area contributed by atoms with Gasteiger partial charge in [0.2, 0.25) is 10.0 Å². The number of hydrogen-bond donors (Lipinski definition) is 2. The standard InChI is InChI=1S/C13H16N2O3S2/c1-2-10-4-3-7-14-12(10)8-15-20(17,18)13-6-5-11(9-16)19-13/h3-7,15-16H,2,8-9H2,1H3. The number of sulfonamides is 1. The van der Waals surface area contributed by atoms with E-state index in [1.165, 1.54) is 6.07 Å². The van der Waals surface area contributed by atoms with Gasteiger partial charge >= 0.3 is 0 Å². The number of aryl methyl sites for hydroxylation is 1. The van der Waals surface area contributed by atoms with Crippen molar-refractivity contribution in [3.05, 3.63) is 46.6 Å². The van der Waals surface area contributed by atoms with E-state index < -0.39 is 10.0 Å². The fourth-order valence-corrected chi connectivity index (χ4v) is 4.02. The van der Waals surface area contributed by atoms with Gasteiger partial charge < -0.3 is 5.11 Å². The molecule has 20 heavy (non-hydrogen) atoms. The second-order valence-electron chi connectivity index (χ2n) is 4.17. The Labute approximate surface area is 122 Å². The lowest BCUT2D eigenvalue weighted by molar-refractivity contribution is 0.285. The Morgan fingerprint density at radius 1 is 1.35 bits per heavy atom. The predicted molar refractivity (Wildman–Crippen MR) is 77.9 cm³/mol. The molecule has 0 radical (unpaired) electrons. The van der Waals surface area contributed by atoms with Crippen molar-refractivity contribution < 1.29 is 13.5 Å². The maximum atomic E-state index is 12.1. The van der Waals surface area contributed by atoms with Crippen LogP contribution in [0.3, 0.4) is 0 Å². The molecule has 0 aliphatic heterocycles. The van der Waals surface area contributed by atoms with Crippen molar-refractivity contribution in [1.82, 2.24) is 9.71 Å². The lowest BCUT2D eigenvalue weighted by atomic mass is 10.1. The number of hydrogen-bond acceptors (Lipinski definition) is 5. The molecule has 108 valence electrons. The first-order valence-electron chi connectivity index (χ1n) is 6.19. The summed E-state index contributed by atoms with van der Waals surface area (Å²) in [6.45, 7) is 2.01. The summed E-state index contributed by atoms with van der Waals surface area (Å²) >= 11 is 1.06. The van der Waals surface area contributed by atoms with Crippen molar-refractivity contribution in [1.29, 1.82) is 0 Å². The van der Waals surface area contributed by atoms with E-state index >= 15 is 0 Å². The molecule has 7 heteroatoms. The highest BCUT2D eigenvalue weighted by atomic mass is 32.2. The number of aliphatic hydroxyl groups excluding tert-OH is 1. The van der Waals surface area contributed by atoms with Crippen LogP contribution in [0, 0.1) is 0 Å². The molecule has 0 spiro atoms. The smallest absolute Gasteiger partial charge is 0.250 e. The van der Waals surface area contributed by atoms with Crippen LogP contribution < -0.4 is 4.72 Å². The van der Waals surface area contributed by atoms with Gasteiger partial charge in [0.25, 0.3) is 0 Å². The highest BCUT2D eigenvalue weighted by Crippen LogP contribution is 2.21. The number of thiophene rings is 1. The molecule has 5 nitrogen and oxygen atoms in total. The Bertz CT molecular complexity index is 680. The number of nitrogens with one attached hydrogen (secondary N) is 1. The number of rotatable bonds is 6. The lowest BCUT2D eigenvalue weighted by Gasteiger charge is -2.07. The Hall–Kier alpha value is -1.28. The van der Waals surface area contributed by atoms with Gasteiger partial charge in [-0.25, -0.2) is 13.1 Å². The zero-order chi connectivity index (χ0) is 14.6. The zero-order valence-electron chi connectivity index (χ0n) is 11.0. The fourth-order valence-electron chi connectivity index (χ4n) is 1.77. The van der Waals surface area contributed by atoms with E-state index in [0.29, 0.717) is 4.88 Å². The number of nitrogens with zero attached hydrogens (tertiary/aromatic N) is 1. The molecule has 0 aliphatic rings. The molecule has 0 saturated carbocycles. The minimum Gasteiger partial charge on any atom is -0.391 e. The van der Waals surface area contributed by atoms with Gasteiger partial charge in [0.05, 0.1) is 18.8 Å². The molecule has 0 unspecified atom stereocenters. The third-order valence-electron chi connectivity index (χ3n) is 2.85. The average Bonchev–Trinajstić information content (AvgIpc) is 2.95. The summed E-state index contributed by atoms with van der Waals surface area (Å²) in [7, 11) is -3.56. The van der Waals surface area contributed by atoms with Crippen LogP contribution in [0.4, 0.5) is 0 Å². The molecule has 0 saturated heterocycles. The fraction of sp³-hybridized carbons (Fsp3) is 0.308. The van der Waals surface area contributed by atoms with E-state index in [1.807, 2.05) is 19.1 Å². The average molecular weight is 312 g/mol. The van der Waals surface area contributed by atoms with Gasteiger partial charge in [-0.05, 0) is 30.2 Å². The Balaban J connectivity index is 2.13. The van der Waals surface area contributed by atoms with E-state index in [2.05, 4.69) is 9.71 Å². The quantitative estimate of drug-likeness (QED) is 0.850. The van der Waals surface area contributed by atoms with Crippen LogP contribution in [0.5, 0.6) is 0 Å². The second-order valence-corrected chi connectivity index (χ2v) is 7.33. The minimum absolute atomic E-state index is 0.152. The molecule has 0 amide bonds. The normalized spacial score (nSPS) is 11.7. The third kappa shape index (κ3) is 3.43. The Morgan fingerprint density at radius 3 is 2.80 bits per heavy atom. The first-order valence-corrected chi connectivity index (χ1v) is 8.48. The van der Waals surface area contributed by atoms with Crippen LogP contribution in [0.2, 0.25) is 0 Å². The summed E-state index contributed by atoms with van der Waals surface area (Å²) in [5.41, 5.74) is 1.76. The Kier molecular flexibility index (Phi) is 4.87. The molecular weight excluding hydrogens is 296 g/mol. The van der Waals surface area contributed by atoms with E-state index in [1.54, 1.807) is 12.3 Å². The highest BCUT2D eigenvalue weighted by molar-refractivity contribution is 7.91. The van der Waals surface area contributed by atoms with Crippen molar-refractivity contribution >= 4 is 21.4 Å². The molecule has 2 rings (SSSR count). The van der Waals surface area contributed by atoms with Gasteiger partial charge in [-0.1, -0.05) is 13.0 Å². The van der Waals surface area contributed by atoms with Crippen LogP contribution in [0.15, 0.2) is 34.7 Å². The van der Waals surface area contributed by atoms with Crippen molar-refractivity contribution in [2.24, 2.45) is 0 Å². The van der Waals surface area contributed by atoms with Gasteiger partial charge in [-0.2, -0.15) is 0 Å². The largest absolute Gasteiger partial charge is 0.391 e. The zero-order valence-corrected chi connectivity index (χ0v) is 12.7. The summed E-state index contributed by atoms with van der Waals surface area (Å²) in [5, 5.41) is 8.98. The van der Waals surface area contributed by atoms with Gasteiger partial charge in [0.15, 0.2) is 0 Å². The van der Waals surface area contributed by atoms with Crippen molar-refractivity contribution in [2.75, 3.05) is 0 Å². The summed E-state index contributed by atoms with van der Waals surface area (Å²) in [6, 6.07) is 6.88. The highest BCUT2D eigenvalue weighted by Gasteiger charge is 2.17. The van der Waals surface area contributed by atoms with Crippen LogP contribution in [-0.2, 0) is 29.6 Å². The number of aliphatic hydroxyl groups is 1. The molecule has 0 aliphatic carbocycles. The lowest BCUT2D eigenvalue weighted by Crippen LogP contribution is -2.23. The molecule has 2 aromatic rings. The predicted octanol–water partition coefficient (Wildman–Crippen LogP) is 1.68. The van der Waals surface area contributed by atoms with Crippen LogP contribution in [-0.4, -0.2) is 18.5 Å². The molecule has 0 fully saturated rings. The summed E-state index contributed by atoms with van der Waals surface area (Å²) in [5.74, 6) is 0. The maximum absolute atomic E-state index is 12.1. The molecular formula is C13H16N2O3S2. The first kappa shape index (κ1) is 15.1. The summed E-state index contributed by atoms with van der Waals surface area (Å²) in [4.78, 5) is 4.83. The monoisotopic (exact) mass is 312 g/mol. The van der Waals surface area contributed by atoms with Crippen molar-refractivity contribution in [3.63, 3.8) is 0 Å². The Morgan fingerprint density at radius 2 is 2.15 bits per heavy atom. The first-order chi connectivity index (χ1) is 9.56. The van der Waals surface area contributed by atoms with Crippen LogP contribution in [0.1, 0.15) is 23.1 Å². The van der Waals surface area contributed by atoms with Gasteiger partial charge in [-0.3, -0.25) is 4.98 Å². The third-order valence-corrected chi connectivity index (χ3v) is 5.82. The molecule has 2 N–H and O–H groups in total. The summed E-state index contributed by atoms with van der Waals surface area (Å²) < 4.78 is 27.0. The van der Waals surface area contributed by atoms with Crippen LogP contribution in [0.25, 0.3) is 0 Å². The minimum atomic E-state index is -3.56. The van der Waals surface area contributed by atoms with Crippen molar-refractivity contribution in [3.8, 4) is 0 Å². The van der Waals surface area contributed by atoms with Crippen molar-refractivity contribution in [2.45, 2.75) is 30.7 Å². The van der Waals surface area contributed by atoms with Gasteiger partial charge in [0.1, 0.15) is 4.21 Å². The number of aromatic nitrogens is 1. The molecule has 0 aromatic carbocycles. The van der Waals surface area contributed by atoms with E-state index in [-0.39, 0.29) is 17.4 Å². The van der Waals surface area contributed by atoms with E-state index in [4.69, 9.17) is 5.11 Å².